The second-order valence-electron chi connectivity index (χ2n) is 14.6. The van der Waals surface area contributed by atoms with E-state index in [1.54, 1.807) is 0 Å². The number of quaternary nitrogens is 1. The molecule has 2 atom stereocenters. The molecule has 1 N–H and O–H groups in total. The largest absolute Gasteiger partial charge is 0.477 e. The molecule has 0 heterocycles. The number of carbonyl (C=O) groups excluding carboxylic acids is 2. The van der Waals surface area contributed by atoms with E-state index in [0.29, 0.717) is 23.9 Å². The van der Waals surface area contributed by atoms with Crippen molar-refractivity contribution in [1.82, 2.24) is 0 Å². The lowest BCUT2D eigenvalue weighted by atomic mass is 10.1. The van der Waals surface area contributed by atoms with Crippen LogP contribution in [0.4, 0.5) is 0 Å². The molecule has 49 heavy (non-hydrogen) atoms. The molecule has 0 aromatic rings. The van der Waals surface area contributed by atoms with Gasteiger partial charge in [0.05, 0.1) is 34.4 Å². The molecule has 0 fully saturated rings. The summed E-state index contributed by atoms with van der Waals surface area (Å²) >= 11 is 0. The molecule has 0 saturated carbocycles. The van der Waals surface area contributed by atoms with Crippen LogP contribution < -0.4 is 0 Å². The highest BCUT2D eigenvalue weighted by molar-refractivity contribution is 5.71. The summed E-state index contributed by atoms with van der Waals surface area (Å²) in [4.78, 5) is 36.9. The summed E-state index contributed by atoms with van der Waals surface area (Å²) in [5, 5.41) is 9.58. The van der Waals surface area contributed by atoms with Crippen LogP contribution in [0.5, 0.6) is 0 Å². The molecule has 0 radical (unpaired) electrons. The lowest BCUT2D eigenvalue weighted by Crippen LogP contribution is -2.40. The molecule has 0 amide bonds. The predicted molar refractivity (Wildman–Crippen MR) is 198 cm³/mol. The monoisotopic (exact) mass is 699 g/mol. The van der Waals surface area contributed by atoms with E-state index in [4.69, 9.17) is 18.9 Å². The van der Waals surface area contributed by atoms with Crippen LogP contribution in [0.2, 0.25) is 0 Å². The van der Waals surface area contributed by atoms with Gasteiger partial charge < -0.3 is 28.5 Å². The van der Waals surface area contributed by atoms with Crippen molar-refractivity contribution in [2.45, 2.75) is 180 Å². The molecule has 0 spiro atoms. The Morgan fingerprint density at radius 1 is 0.592 bits per heavy atom. The number of nitrogens with zero attached hydrogens (tertiary/aromatic N) is 1. The lowest BCUT2D eigenvalue weighted by molar-refractivity contribution is -0.870. The molecule has 2 unspecified atom stereocenters. The van der Waals surface area contributed by atoms with Gasteiger partial charge in [0.1, 0.15) is 13.2 Å². The highest BCUT2D eigenvalue weighted by Gasteiger charge is 2.25. The van der Waals surface area contributed by atoms with Crippen molar-refractivity contribution in [2.24, 2.45) is 0 Å². The summed E-state index contributed by atoms with van der Waals surface area (Å²) in [7, 11) is 5.94. The number of hydrogen-bond acceptors (Lipinski definition) is 7. The molecule has 0 rings (SSSR count). The molecule has 0 aliphatic heterocycles. The number of carboxylic acid groups (broad SMARTS) is 1. The standard InChI is InChI=1S/C40H75NO8/c1-6-8-10-12-14-16-18-19-21-23-25-27-29-31-38(43)49-36(35-48-40(39(44)45)46-33-32-41(3,4)5)34-47-37(42)30-28-26-24-22-20-17-15-13-11-9-7-2/h16,18,36,40H,6-15,17,19-35H2,1-5H3/p+1/b18-16-. The van der Waals surface area contributed by atoms with Crippen molar-refractivity contribution >= 4 is 17.9 Å². The van der Waals surface area contributed by atoms with Crippen LogP contribution in [0.15, 0.2) is 12.2 Å². The van der Waals surface area contributed by atoms with Crippen molar-refractivity contribution in [3.8, 4) is 0 Å². The molecule has 9 nitrogen and oxygen atoms in total. The van der Waals surface area contributed by atoms with E-state index >= 15 is 0 Å². The maximum Gasteiger partial charge on any atom is 0.361 e. The van der Waals surface area contributed by atoms with E-state index in [0.717, 1.165) is 51.4 Å². The zero-order valence-corrected chi connectivity index (χ0v) is 32.4. The van der Waals surface area contributed by atoms with Crippen LogP contribution in [-0.4, -0.2) is 87.4 Å². The van der Waals surface area contributed by atoms with Gasteiger partial charge in [-0.05, 0) is 38.5 Å². The van der Waals surface area contributed by atoms with E-state index < -0.39 is 24.3 Å². The molecule has 0 aliphatic carbocycles. The first-order chi connectivity index (χ1) is 23.6. The van der Waals surface area contributed by atoms with E-state index in [-0.39, 0.29) is 32.2 Å². The Hall–Kier alpha value is -1.97. The first kappa shape index (κ1) is 47.0. The van der Waals surface area contributed by atoms with Gasteiger partial charge in [-0.25, -0.2) is 4.79 Å². The maximum atomic E-state index is 12.7. The molecule has 0 saturated heterocycles. The number of rotatable bonds is 36. The zero-order chi connectivity index (χ0) is 36.4. The number of allylic oxidation sites excluding steroid dienone is 2. The van der Waals surface area contributed by atoms with Crippen molar-refractivity contribution in [3.63, 3.8) is 0 Å². The van der Waals surface area contributed by atoms with Crippen molar-refractivity contribution in [3.05, 3.63) is 12.2 Å². The Labute approximate surface area is 300 Å². The van der Waals surface area contributed by atoms with Gasteiger partial charge in [0.2, 0.25) is 0 Å². The van der Waals surface area contributed by atoms with Crippen LogP contribution in [0, 0.1) is 0 Å². The Kier molecular flexibility index (Phi) is 31.9. The third kappa shape index (κ3) is 34.3. The maximum absolute atomic E-state index is 12.7. The van der Waals surface area contributed by atoms with Gasteiger partial charge in [-0.3, -0.25) is 9.59 Å². The molecule has 0 bridgehead atoms. The van der Waals surface area contributed by atoms with E-state index in [9.17, 15) is 19.5 Å². The molecular formula is C40H76NO8+. The molecule has 0 aromatic heterocycles. The SMILES string of the molecule is CCCCCC/C=C\CCCCCCCC(=O)OC(COC(=O)CCCCCCCCCCCCC)COC(OCC[N+](C)(C)C)C(=O)O. The highest BCUT2D eigenvalue weighted by Crippen LogP contribution is 2.14. The molecular weight excluding hydrogens is 622 g/mol. The van der Waals surface area contributed by atoms with Gasteiger partial charge in [0.25, 0.3) is 6.29 Å². The first-order valence-electron chi connectivity index (χ1n) is 19.9. The van der Waals surface area contributed by atoms with Gasteiger partial charge in [-0.1, -0.05) is 129 Å². The van der Waals surface area contributed by atoms with Gasteiger partial charge >= 0.3 is 17.9 Å². The number of carbonyl (C=O) groups is 3. The Bertz CT molecular complexity index is 826. The average Bonchev–Trinajstić information content (AvgIpc) is 3.05. The Balaban J connectivity index is 4.53. The molecule has 9 heteroatoms. The van der Waals surface area contributed by atoms with Crippen LogP contribution >= 0.6 is 0 Å². The summed E-state index contributed by atoms with van der Waals surface area (Å²) in [6.07, 6.45) is 28.4. The van der Waals surface area contributed by atoms with Crippen LogP contribution in [0.1, 0.15) is 168 Å². The number of likely N-dealkylation sites (N-methyl/N-ethyl adjacent to an activating group) is 1. The van der Waals surface area contributed by atoms with E-state index in [1.807, 2.05) is 21.1 Å². The summed E-state index contributed by atoms with van der Waals surface area (Å²) < 4.78 is 22.6. The molecule has 288 valence electrons. The highest BCUT2D eigenvalue weighted by atomic mass is 16.7. The Morgan fingerprint density at radius 3 is 1.53 bits per heavy atom. The fraction of sp³-hybridized carbons (Fsp3) is 0.875. The topological polar surface area (TPSA) is 108 Å². The van der Waals surface area contributed by atoms with Crippen molar-refractivity contribution in [1.29, 1.82) is 0 Å². The average molecular weight is 699 g/mol. The van der Waals surface area contributed by atoms with E-state index in [2.05, 4.69) is 26.0 Å². The van der Waals surface area contributed by atoms with Crippen molar-refractivity contribution < 1.29 is 42.9 Å². The first-order valence-corrected chi connectivity index (χ1v) is 19.9. The van der Waals surface area contributed by atoms with Crippen molar-refractivity contribution in [2.75, 3.05) is 47.5 Å². The fourth-order valence-corrected chi connectivity index (χ4v) is 5.36. The van der Waals surface area contributed by atoms with Gasteiger partial charge in [-0.15, -0.1) is 0 Å². The lowest BCUT2D eigenvalue weighted by Gasteiger charge is -2.25. The minimum absolute atomic E-state index is 0.181. The minimum Gasteiger partial charge on any atom is -0.477 e. The number of unbranched alkanes of at least 4 members (excludes halogenated alkanes) is 19. The van der Waals surface area contributed by atoms with Crippen LogP contribution in [0.3, 0.4) is 0 Å². The number of carboxylic acids is 1. The smallest absolute Gasteiger partial charge is 0.361 e. The second kappa shape index (κ2) is 33.2. The Morgan fingerprint density at radius 2 is 1.04 bits per heavy atom. The predicted octanol–water partition coefficient (Wildman–Crippen LogP) is 9.55. The molecule has 0 aromatic carbocycles. The zero-order valence-electron chi connectivity index (χ0n) is 32.4. The summed E-state index contributed by atoms with van der Waals surface area (Å²) in [5.41, 5.74) is 0. The van der Waals surface area contributed by atoms with Gasteiger partial charge in [0.15, 0.2) is 6.10 Å². The van der Waals surface area contributed by atoms with Gasteiger partial charge in [-0.2, -0.15) is 0 Å². The normalized spacial score (nSPS) is 13.1. The number of ether oxygens (including phenoxy) is 4. The summed E-state index contributed by atoms with van der Waals surface area (Å²) in [5.74, 6) is -2.02. The number of hydrogen-bond donors (Lipinski definition) is 1. The third-order valence-electron chi connectivity index (χ3n) is 8.52. The number of esters is 2. The van der Waals surface area contributed by atoms with E-state index in [1.165, 1.54) is 83.5 Å². The van der Waals surface area contributed by atoms with Crippen LogP contribution in [-0.2, 0) is 33.3 Å². The van der Waals surface area contributed by atoms with Crippen LogP contribution in [0.25, 0.3) is 0 Å². The number of aliphatic carboxylic acids is 1. The summed E-state index contributed by atoms with van der Waals surface area (Å²) in [6, 6.07) is 0. The summed E-state index contributed by atoms with van der Waals surface area (Å²) in [6.45, 7) is 4.83. The third-order valence-corrected chi connectivity index (χ3v) is 8.52. The fourth-order valence-electron chi connectivity index (χ4n) is 5.36. The van der Waals surface area contributed by atoms with Gasteiger partial charge in [0, 0.05) is 12.8 Å². The second-order valence-corrected chi connectivity index (χ2v) is 14.6. The quantitative estimate of drug-likeness (QED) is 0.0227. The molecule has 0 aliphatic rings. The minimum atomic E-state index is -1.50.